The van der Waals surface area contributed by atoms with E-state index < -0.39 is 14.9 Å². The van der Waals surface area contributed by atoms with Gasteiger partial charge in [0.25, 0.3) is 5.69 Å². The minimum atomic E-state index is -3.66. The first kappa shape index (κ1) is 13.2. The summed E-state index contributed by atoms with van der Waals surface area (Å²) in [5.41, 5.74) is 0.418. The van der Waals surface area contributed by atoms with Gasteiger partial charge in [-0.3, -0.25) is 15.2 Å². The number of aromatic nitrogens is 2. The Balaban J connectivity index is 2.11. The van der Waals surface area contributed by atoms with E-state index in [1.807, 2.05) is 0 Å². The normalized spacial score (nSPS) is 11.4. The van der Waals surface area contributed by atoms with Crippen molar-refractivity contribution in [2.45, 2.75) is 11.4 Å². The van der Waals surface area contributed by atoms with Gasteiger partial charge in [0, 0.05) is 24.9 Å². The maximum absolute atomic E-state index is 11.8. The highest BCUT2D eigenvalue weighted by atomic mass is 32.2. The molecule has 0 aliphatic rings. The summed E-state index contributed by atoms with van der Waals surface area (Å²) in [6, 6.07) is 5.76. The molecule has 0 radical (unpaired) electrons. The van der Waals surface area contributed by atoms with Gasteiger partial charge in [0.15, 0.2) is 0 Å². The molecule has 19 heavy (non-hydrogen) atoms. The predicted molar refractivity (Wildman–Crippen MR) is 65.7 cm³/mol. The van der Waals surface area contributed by atoms with E-state index in [1.165, 1.54) is 30.6 Å². The molecule has 0 saturated heterocycles. The van der Waals surface area contributed by atoms with Gasteiger partial charge in [0.2, 0.25) is 10.0 Å². The Hall–Kier alpha value is -2.26. The van der Waals surface area contributed by atoms with Crippen LogP contribution in [0.5, 0.6) is 0 Å². The first-order chi connectivity index (χ1) is 8.99. The number of non-ortho nitro benzene ring substituents is 1. The van der Waals surface area contributed by atoms with Crippen LogP contribution in [0, 0.1) is 10.1 Å². The van der Waals surface area contributed by atoms with Gasteiger partial charge in [-0.1, -0.05) is 12.1 Å². The second kappa shape index (κ2) is 5.16. The van der Waals surface area contributed by atoms with Gasteiger partial charge in [-0.15, -0.1) is 0 Å². The first-order valence-electron chi connectivity index (χ1n) is 5.21. The molecule has 1 aromatic heterocycles. The number of nitro groups is 1. The minimum Gasteiger partial charge on any atom is -0.284 e. The fourth-order valence-corrected chi connectivity index (χ4v) is 2.35. The van der Waals surface area contributed by atoms with Crippen molar-refractivity contribution in [2.75, 3.05) is 0 Å². The number of nitrogens with one attached hydrogen (secondary N) is 2. The van der Waals surface area contributed by atoms with Gasteiger partial charge in [-0.25, -0.2) is 13.1 Å². The van der Waals surface area contributed by atoms with E-state index in [-0.39, 0.29) is 17.1 Å². The van der Waals surface area contributed by atoms with Crippen molar-refractivity contribution in [1.82, 2.24) is 14.9 Å². The molecular weight excluding hydrogens is 272 g/mol. The molecule has 9 heteroatoms. The lowest BCUT2D eigenvalue weighted by atomic mass is 10.2. The highest BCUT2D eigenvalue weighted by Gasteiger charge is 2.15. The average Bonchev–Trinajstić information content (AvgIpc) is 2.91. The third-order valence-corrected chi connectivity index (χ3v) is 3.74. The van der Waals surface area contributed by atoms with E-state index >= 15 is 0 Å². The van der Waals surface area contributed by atoms with E-state index in [1.54, 1.807) is 6.07 Å². The fourth-order valence-electron chi connectivity index (χ4n) is 1.43. The molecule has 0 aliphatic heterocycles. The van der Waals surface area contributed by atoms with Crippen molar-refractivity contribution in [2.24, 2.45) is 0 Å². The molecule has 1 heterocycles. The van der Waals surface area contributed by atoms with E-state index in [2.05, 4.69) is 14.9 Å². The number of hydrogen-bond donors (Lipinski definition) is 2. The van der Waals surface area contributed by atoms with Gasteiger partial charge in [-0.2, -0.15) is 5.10 Å². The van der Waals surface area contributed by atoms with Crippen LogP contribution < -0.4 is 4.72 Å². The molecule has 1 aromatic carbocycles. The van der Waals surface area contributed by atoms with Crippen molar-refractivity contribution < 1.29 is 13.3 Å². The monoisotopic (exact) mass is 282 g/mol. The smallest absolute Gasteiger partial charge is 0.269 e. The number of sulfonamides is 1. The predicted octanol–water partition coefficient (Wildman–Crippen LogP) is 0.796. The molecule has 100 valence electrons. The van der Waals surface area contributed by atoms with Crippen LogP contribution in [0.25, 0.3) is 0 Å². The van der Waals surface area contributed by atoms with E-state index in [0.29, 0.717) is 5.56 Å². The molecule has 0 amide bonds. The van der Waals surface area contributed by atoms with Crippen molar-refractivity contribution in [3.8, 4) is 0 Å². The second-order valence-corrected chi connectivity index (χ2v) is 5.45. The molecule has 0 unspecified atom stereocenters. The highest BCUT2D eigenvalue weighted by Crippen LogP contribution is 2.13. The van der Waals surface area contributed by atoms with E-state index in [9.17, 15) is 18.5 Å². The van der Waals surface area contributed by atoms with Crippen LogP contribution in [0.4, 0.5) is 5.69 Å². The zero-order valence-electron chi connectivity index (χ0n) is 9.61. The minimum absolute atomic E-state index is 0.0120. The highest BCUT2D eigenvalue weighted by molar-refractivity contribution is 7.89. The third kappa shape index (κ3) is 3.14. The summed E-state index contributed by atoms with van der Waals surface area (Å²) in [6.45, 7) is -0.0325. The lowest BCUT2D eigenvalue weighted by molar-refractivity contribution is -0.384. The number of nitrogens with zero attached hydrogens (tertiary/aromatic N) is 2. The Morgan fingerprint density at radius 3 is 2.84 bits per heavy atom. The van der Waals surface area contributed by atoms with Gasteiger partial charge >= 0.3 is 0 Å². The van der Waals surface area contributed by atoms with Crippen LogP contribution in [0.2, 0.25) is 0 Å². The molecule has 0 fully saturated rings. The van der Waals surface area contributed by atoms with Gasteiger partial charge < -0.3 is 0 Å². The Morgan fingerprint density at radius 1 is 1.42 bits per heavy atom. The van der Waals surface area contributed by atoms with Crippen LogP contribution in [-0.4, -0.2) is 23.5 Å². The van der Waals surface area contributed by atoms with Gasteiger partial charge in [0.1, 0.15) is 4.90 Å². The number of hydrogen-bond acceptors (Lipinski definition) is 5. The first-order valence-corrected chi connectivity index (χ1v) is 6.69. The summed E-state index contributed by atoms with van der Waals surface area (Å²) in [5.74, 6) is 0. The van der Waals surface area contributed by atoms with E-state index in [4.69, 9.17) is 0 Å². The van der Waals surface area contributed by atoms with Crippen LogP contribution >= 0.6 is 0 Å². The van der Waals surface area contributed by atoms with Crippen LogP contribution in [-0.2, 0) is 16.6 Å². The summed E-state index contributed by atoms with van der Waals surface area (Å²) < 4.78 is 25.9. The van der Waals surface area contributed by atoms with Crippen molar-refractivity contribution in [3.63, 3.8) is 0 Å². The average molecular weight is 282 g/mol. The van der Waals surface area contributed by atoms with Gasteiger partial charge in [0.05, 0.1) is 11.1 Å². The standard InChI is InChI=1S/C10H10N4O4S/c15-14(16)9-3-1-2-8(4-9)5-13-19(17,18)10-6-11-12-7-10/h1-4,6-7,13H,5H2,(H,11,12). The maximum Gasteiger partial charge on any atom is 0.269 e. The Labute approximate surface area is 108 Å². The number of nitro benzene ring substituents is 1. The number of benzene rings is 1. The topological polar surface area (TPSA) is 118 Å². The van der Waals surface area contributed by atoms with Crippen LogP contribution in [0.15, 0.2) is 41.6 Å². The fraction of sp³-hybridized carbons (Fsp3) is 0.100. The summed E-state index contributed by atoms with van der Waals surface area (Å²) in [7, 11) is -3.66. The number of rotatable bonds is 5. The molecule has 0 atom stereocenters. The molecule has 0 spiro atoms. The number of aromatic amines is 1. The largest absolute Gasteiger partial charge is 0.284 e. The molecular formula is C10H10N4O4S. The molecule has 2 aromatic rings. The molecule has 0 aliphatic carbocycles. The van der Waals surface area contributed by atoms with Crippen LogP contribution in [0.3, 0.4) is 0 Å². The molecule has 0 saturated carbocycles. The Kier molecular flexibility index (Phi) is 3.58. The summed E-state index contributed by atoms with van der Waals surface area (Å²) >= 11 is 0. The summed E-state index contributed by atoms with van der Waals surface area (Å²) in [5, 5.41) is 16.5. The quantitative estimate of drug-likeness (QED) is 0.621. The zero-order chi connectivity index (χ0) is 13.9. The molecule has 2 N–H and O–H groups in total. The lowest BCUT2D eigenvalue weighted by Crippen LogP contribution is -2.22. The second-order valence-electron chi connectivity index (χ2n) is 3.69. The van der Waals surface area contributed by atoms with Crippen molar-refractivity contribution >= 4 is 15.7 Å². The molecule has 2 rings (SSSR count). The van der Waals surface area contributed by atoms with Crippen LogP contribution in [0.1, 0.15) is 5.56 Å². The summed E-state index contributed by atoms with van der Waals surface area (Å²) in [6.07, 6.45) is 2.42. The SMILES string of the molecule is O=[N+]([O-])c1cccc(CNS(=O)(=O)c2cn[nH]c2)c1. The maximum atomic E-state index is 11.8. The zero-order valence-corrected chi connectivity index (χ0v) is 10.4. The lowest BCUT2D eigenvalue weighted by Gasteiger charge is -2.04. The third-order valence-electron chi connectivity index (χ3n) is 2.37. The van der Waals surface area contributed by atoms with Gasteiger partial charge in [-0.05, 0) is 5.56 Å². The van der Waals surface area contributed by atoms with Crippen molar-refractivity contribution in [1.29, 1.82) is 0 Å². The molecule has 0 bridgehead atoms. The molecule has 8 nitrogen and oxygen atoms in total. The summed E-state index contributed by atoms with van der Waals surface area (Å²) in [4.78, 5) is 10.1. The number of H-pyrrole nitrogens is 1. The Morgan fingerprint density at radius 2 is 2.21 bits per heavy atom. The van der Waals surface area contributed by atoms with Crippen molar-refractivity contribution in [3.05, 3.63) is 52.3 Å². The Bertz CT molecular complexity index is 681. The van der Waals surface area contributed by atoms with E-state index in [0.717, 1.165) is 0 Å².